The van der Waals surface area contributed by atoms with Gasteiger partial charge in [-0.2, -0.15) is 0 Å². The monoisotopic (exact) mass is 442 g/mol. The van der Waals surface area contributed by atoms with Gasteiger partial charge in [-0.05, 0) is 99.5 Å². The molecule has 4 rings (SSSR count). The average molecular weight is 443 g/mol. The highest BCUT2D eigenvalue weighted by atomic mass is 16.4. The fraction of sp³-hybridized carbons (Fsp3) is 0.731. The van der Waals surface area contributed by atoms with Crippen LogP contribution in [0, 0.1) is 40.4 Å². The SMILES string of the molecule is CC(C)(C)NC(=O)C1CC[C@H]2[C@@H]3CC=C4C=C(C(=O)O)C(C(N)=O)C[C@]4(C)[C@@H]3CC[C@]12C. The number of aliphatic carboxylic acids is 1. The van der Waals surface area contributed by atoms with E-state index in [0.717, 1.165) is 37.7 Å². The van der Waals surface area contributed by atoms with Crippen LogP contribution in [0.1, 0.15) is 73.1 Å². The summed E-state index contributed by atoms with van der Waals surface area (Å²) in [6, 6.07) is 0. The highest BCUT2D eigenvalue weighted by Gasteiger charge is 2.60. The molecule has 0 radical (unpaired) electrons. The summed E-state index contributed by atoms with van der Waals surface area (Å²) in [5.41, 5.74) is 6.32. The van der Waals surface area contributed by atoms with Gasteiger partial charge in [-0.1, -0.05) is 19.9 Å². The van der Waals surface area contributed by atoms with Crippen LogP contribution in [0.2, 0.25) is 0 Å². The van der Waals surface area contributed by atoms with Crippen molar-refractivity contribution in [3.05, 3.63) is 23.3 Å². The van der Waals surface area contributed by atoms with E-state index in [2.05, 4.69) is 25.2 Å². The van der Waals surface area contributed by atoms with E-state index < -0.39 is 17.8 Å². The van der Waals surface area contributed by atoms with E-state index in [4.69, 9.17) is 5.73 Å². The standard InChI is InChI=1S/C26H38N2O4/c1-24(2,3)28-22(30)20-9-8-18-15-7-6-14-12-16(23(31)32)17(21(27)29)13-26(14,5)19(15)10-11-25(18,20)4/h6,12,15,17-20H,7-11,13H2,1-5H3,(H2,27,29)(H,28,30)(H,31,32)/t15-,17?,18-,19+,20?,25-,26-/m0/s1. The van der Waals surface area contributed by atoms with E-state index in [1.54, 1.807) is 6.08 Å². The first-order chi connectivity index (χ1) is 14.8. The van der Waals surface area contributed by atoms with E-state index in [-0.39, 0.29) is 33.8 Å². The van der Waals surface area contributed by atoms with Crippen LogP contribution in [-0.4, -0.2) is 28.4 Å². The van der Waals surface area contributed by atoms with Gasteiger partial charge < -0.3 is 16.2 Å². The highest BCUT2D eigenvalue weighted by molar-refractivity contribution is 5.96. The third-order valence-corrected chi connectivity index (χ3v) is 9.24. The minimum Gasteiger partial charge on any atom is -0.478 e. The number of amides is 2. The van der Waals surface area contributed by atoms with Crippen LogP contribution in [0.3, 0.4) is 0 Å². The van der Waals surface area contributed by atoms with E-state index in [9.17, 15) is 19.5 Å². The molecule has 2 fully saturated rings. The summed E-state index contributed by atoms with van der Waals surface area (Å²) < 4.78 is 0. The van der Waals surface area contributed by atoms with Crippen molar-refractivity contribution in [3.63, 3.8) is 0 Å². The van der Waals surface area contributed by atoms with Crippen molar-refractivity contribution in [1.29, 1.82) is 0 Å². The summed E-state index contributed by atoms with van der Waals surface area (Å²) in [5.74, 6) is -0.866. The molecule has 4 aliphatic rings. The molecule has 4 N–H and O–H groups in total. The maximum atomic E-state index is 13.2. The zero-order chi connectivity index (χ0) is 23.6. The van der Waals surface area contributed by atoms with Gasteiger partial charge in [0.05, 0.1) is 5.92 Å². The molecule has 0 aliphatic heterocycles. The minimum absolute atomic E-state index is 0.0159. The fourth-order valence-electron chi connectivity index (χ4n) is 7.76. The number of allylic oxidation sites excluding steroid dienone is 3. The van der Waals surface area contributed by atoms with Crippen molar-refractivity contribution in [2.75, 3.05) is 0 Å². The number of carboxylic acids is 1. The largest absolute Gasteiger partial charge is 0.478 e. The van der Waals surface area contributed by atoms with Crippen LogP contribution in [0.5, 0.6) is 0 Å². The lowest BCUT2D eigenvalue weighted by Crippen LogP contribution is -2.53. The molecule has 0 heterocycles. The number of hydrogen-bond acceptors (Lipinski definition) is 3. The number of carbonyl (C=O) groups excluding carboxylic acids is 2. The van der Waals surface area contributed by atoms with Gasteiger partial charge in [0, 0.05) is 17.0 Å². The number of carboxylic acid groups (broad SMARTS) is 1. The molecule has 7 atom stereocenters. The summed E-state index contributed by atoms with van der Waals surface area (Å²) >= 11 is 0. The Morgan fingerprint density at radius 3 is 2.41 bits per heavy atom. The Labute approximate surface area is 191 Å². The number of fused-ring (bicyclic) bond motifs is 5. The lowest BCUT2D eigenvalue weighted by atomic mass is 9.47. The van der Waals surface area contributed by atoms with Crippen LogP contribution >= 0.6 is 0 Å². The molecule has 0 aromatic heterocycles. The zero-order valence-electron chi connectivity index (χ0n) is 20.0. The van der Waals surface area contributed by atoms with Crippen molar-refractivity contribution in [1.82, 2.24) is 5.32 Å². The second-order valence-corrected chi connectivity index (χ2v) is 12.2. The zero-order valence-corrected chi connectivity index (χ0v) is 20.0. The molecule has 176 valence electrons. The molecule has 4 aliphatic carbocycles. The summed E-state index contributed by atoms with van der Waals surface area (Å²) in [6.45, 7) is 10.6. The Balaban J connectivity index is 1.65. The molecule has 6 nitrogen and oxygen atoms in total. The van der Waals surface area contributed by atoms with Gasteiger partial charge in [0.2, 0.25) is 11.8 Å². The Morgan fingerprint density at radius 1 is 1.12 bits per heavy atom. The van der Waals surface area contributed by atoms with Crippen LogP contribution in [-0.2, 0) is 14.4 Å². The fourth-order valence-corrected chi connectivity index (χ4v) is 7.76. The van der Waals surface area contributed by atoms with E-state index >= 15 is 0 Å². The number of rotatable bonds is 3. The molecular weight excluding hydrogens is 404 g/mol. The Hall–Kier alpha value is -2.11. The number of nitrogens with two attached hydrogens (primary N) is 1. The molecule has 2 unspecified atom stereocenters. The summed E-state index contributed by atoms with van der Waals surface area (Å²) in [6.07, 6.45) is 9.25. The number of nitrogens with one attached hydrogen (secondary N) is 1. The smallest absolute Gasteiger partial charge is 0.332 e. The van der Waals surface area contributed by atoms with Crippen molar-refractivity contribution in [2.45, 2.75) is 78.7 Å². The highest BCUT2D eigenvalue weighted by Crippen LogP contribution is 2.66. The normalized spacial score (nSPS) is 40.8. The van der Waals surface area contributed by atoms with Gasteiger partial charge in [0.25, 0.3) is 0 Å². The molecule has 2 amide bonds. The molecular formula is C26H38N2O4. The summed E-state index contributed by atoms with van der Waals surface area (Å²) in [7, 11) is 0. The predicted octanol–water partition coefficient (Wildman–Crippen LogP) is 3.81. The van der Waals surface area contributed by atoms with Gasteiger partial charge >= 0.3 is 5.97 Å². The van der Waals surface area contributed by atoms with Crippen molar-refractivity contribution in [2.24, 2.45) is 46.2 Å². The van der Waals surface area contributed by atoms with Crippen molar-refractivity contribution < 1.29 is 19.5 Å². The second kappa shape index (κ2) is 7.46. The van der Waals surface area contributed by atoms with Crippen LogP contribution in [0.15, 0.2) is 23.3 Å². The number of hydrogen-bond donors (Lipinski definition) is 3. The van der Waals surface area contributed by atoms with Gasteiger partial charge in [-0.3, -0.25) is 9.59 Å². The van der Waals surface area contributed by atoms with Crippen LogP contribution in [0.25, 0.3) is 0 Å². The van der Waals surface area contributed by atoms with Gasteiger partial charge in [-0.15, -0.1) is 0 Å². The van der Waals surface area contributed by atoms with E-state index in [1.807, 2.05) is 20.8 Å². The molecule has 0 spiro atoms. The molecule has 0 aromatic carbocycles. The maximum Gasteiger partial charge on any atom is 0.332 e. The maximum absolute atomic E-state index is 13.2. The van der Waals surface area contributed by atoms with Gasteiger partial charge in [0.1, 0.15) is 0 Å². The molecule has 32 heavy (non-hydrogen) atoms. The van der Waals surface area contributed by atoms with E-state index in [1.165, 1.54) is 0 Å². The van der Waals surface area contributed by atoms with E-state index in [0.29, 0.717) is 24.2 Å². The van der Waals surface area contributed by atoms with Crippen LogP contribution < -0.4 is 11.1 Å². The first kappa shape index (κ1) is 23.1. The predicted molar refractivity (Wildman–Crippen MR) is 122 cm³/mol. The first-order valence-corrected chi connectivity index (χ1v) is 12.0. The minimum atomic E-state index is -1.06. The Kier molecular flexibility index (Phi) is 5.38. The lowest BCUT2D eigenvalue weighted by Gasteiger charge is -2.57. The molecule has 6 heteroatoms. The van der Waals surface area contributed by atoms with Crippen molar-refractivity contribution >= 4 is 17.8 Å². The quantitative estimate of drug-likeness (QED) is 0.617. The van der Waals surface area contributed by atoms with Gasteiger partial charge in [0.15, 0.2) is 0 Å². The first-order valence-electron chi connectivity index (χ1n) is 12.0. The number of carbonyl (C=O) groups is 3. The third kappa shape index (κ3) is 3.50. The Bertz CT molecular complexity index is 913. The second-order valence-electron chi connectivity index (χ2n) is 12.2. The lowest BCUT2D eigenvalue weighted by molar-refractivity contribution is -0.136. The molecule has 2 saturated carbocycles. The topological polar surface area (TPSA) is 109 Å². The summed E-state index contributed by atoms with van der Waals surface area (Å²) in [4.78, 5) is 37.1. The van der Waals surface area contributed by atoms with Crippen LogP contribution in [0.4, 0.5) is 0 Å². The molecule has 0 aromatic rings. The third-order valence-electron chi connectivity index (χ3n) is 9.24. The number of primary amides is 1. The molecule has 0 saturated heterocycles. The summed E-state index contributed by atoms with van der Waals surface area (Å²) in [5, 5.41) is 12.9. The average Bonchev–Trinajstić information content (AvgIpc) is 3.02. The Morgan fingerprint density at radius 2 is 1.81 bits per heavy atom. The van der Waals surface area contributed by atoms with Gasteiger partial charge in [-0.25, -0.2) is 4.79 Å². The van der Waals surface area contributed by atoms with Crippen molar-refractivity contribution in [3.8, 4) is 0 Å². The molecule has 0 bridgehead atoms.